The number of sulfone groups is 1. The summed E-state index contributed by atoms with van der Waals surface area (Å²) in [6.07, 6.45) is 0.943. The van der Waals surface area contributed by atoms with Gasteiger partial charge in [-0.15, -0.1) is 0 Å². The zero-order chi connectivity index (χ0) is 15.2. The molecule has 1 aromatic carbocycles. The molecule has 0 saturated heterocycles. The van der Waals surface area contributed by atoms with Crippen LogP contribution in [0.15, 0.2) is 29.2 Å². The van der Waals surface area contributed by atoms with Gasteiger partial charge in [-0.2, -0.15) is 13.2 Å². The molecule has 0 aliphatic rings. The first-order chi connectivity index (χ1) is 9.30. The van der Waals surface area contributed by atoms with E-state index in [1.54, 1.807) is 0 Å². The van der Waals surface area contributed by atoms with Gasteiger partial charge in [0.05, 0.1) is 10.6 Å². The second kappa shape index (κ2) is 6.94. The number of benzene rings is 1. The standard InChI is InChI=1S/C12H17F3N2O2S/c1-2-7-16-8-9-17-10-5-3-4-6-11(10)20(18,19)12(13,14)15/h3-6,16-17H,2,7-9H2,1H3. The maximum absolute atomic E-state index is 12.6. The highest BCUT2D eigenvalue weighted by Crippen LogP contribution is 2.33. The van der Waals surface area contributed by atoms with Crippen LogP contribution >= 0.6 is 0 Å². The predicted octanol–water partition coefficient (Wildman–Crippen LogP) is 2.39. The summed E-state index contributed by atoms with van der Waals surface area (Å²) < 4.78 is 60.5. The molecule has 2 N–H and O–H groups in total. The van der Waals surface area contributed by atoms with E-state index in [4.69, 9.17) is 0 Å². The van der Waals surface area contributed by atoms with Crippen LogP contribution in [-0.4, -0.2) is 33.6 Å². The zero-order valence-electron chi connectivity index (χ0n) is 11.0. The van der Waals surface area contributed by atoms with Crippen LogP contribution in [0.3, 0.4) is 0 Å². The number of halogens is 3. The van der Waals surface area contributed by atoms with Crippen molar-refractivity contribution in [3.8, 4) is 0 Å². The quantitative estimate of drug-likeness (QED) is 0.759. The second-order valence-electron chi connectivity index (χ2n) is 4.12. The number of para-hydroxylation sites is 1. The van der Waals surface area contributed by atoms with Crippen molar-refractivity contribution in [3.05, 3.63) is 24.3 Å². The van der Waals surface area contributed by atoms with Gasteiger partial charge in [0.15, 0.2) is 0 Å². The minimum absolute atomic E-state index is 0.0388. The third-order valence-corrected chi connectivity index (χ3v) is 4.07. The number of hydrogen-bond acceptors (Lipinski definition) is 4. The van der Waals surface area contributed by atoms with E-state index in [2.05, 4.69) is 10.6 Å². The lowest BCUT2D eigenvalue weighted by Crippen LogP contribution is -2.26. The summed E-state index contributed by atoms with van der Waals surface area (Å²) in [4.78, 5) is -0.747. The van der Waals surface area contributed by atoms with Gasteiger partial charge in [0.25, 0.3) is 9.84 Å². The molecular formula is C12H17F3N2O2S. The van der Waals surface area contributed by atoms with Crippen LogP contribution in [0.2, 0.25) is 0 Å². The SMILES string of the molecule is CCCNCCNc1ccccc1S(=O)(=O)C(F)(F)F. The summed E-state index contributed by atoms with van der Waals surface area (Å²) >= 11 is 0. The third-order valence-electron chi connectivity index (χ3n) is 2.53. The Morgan fingerprint density at radius 2 is 1.75 bits per heavy atom. The molecule has 8 heteroatoms. The van der Waals surface area contributed by atoms with Gasteiger partial charge >= 0.3 is 5.51 Å². The fourth-order valence-electron chi connectivity index (χ4n) is 1.56. The van der Waals surface area contributed by atoms with Crippen molar-refractivity contribution in [2.45, 2.75) is 23.7 Å². The van der Waals surface area contributed by atoms with Crippen LogP contribution in [-0.2, 0) is 9.84 Å². The predicted molar refractivity (Wildman–Crippen MR) is 71.3 cm³/mol. The Hall–Kier alpha value is -1.28. The van der Waals surface area contributed by atoms with E-state index in [1.165, 1.54) is 18.2 Å². The van der Waals surface area contributed by atoms with Crippen LogP contribution in [0, 0.1) is 0 Å². The molecule has 0 saturated carbocycles. The average molecular weight is 310 g/mol. The van der Waals surface area contributed by atoms with Crippen molar-refractivity contribution >= 4 is 15.5 Å². The molecule has 0 aliphatic carbocycles. The van der Waals surface area contributed by atoms with E-state index < -0.39 is 20.2 Å². The zero-order valence-corrected chi connectivity index (χ0v) is 11.8. The minimum Gasteiger partial charge on any atom is -0.383 e. The monoisotopic (exact) mass is 310 g/mol. The molecule has 0 radical (unpaired) electrons. The lowest BCUT2D eigenvalue weighted by molar-refractivity contribution is -0.0435. The molecule has 0 unspecified atom stereocenters. The van der Waals surface area contributed by atoms with Gasteiger partial charge in [-0.25, -0.2) is 8.42 Å². The van der Waals surface area contributed by atoms with Gasteiger partial charge in [0.1, 0.15) is 0 Å². The smallest absolute Gasteiger partial charge is 0.383 e. The van der Waals surface area contributed by atoms with E-state index in [0.717, 1.165) is 19.0 Å². The number of nitrogens with one attached hydrogen (secondary N) is 2. The van der Waals surface area contributed by atoms with Crippen molar-refractivity contribution in [2.24, 2.45) is 0 Å². The summed E-state index contributed by atoms with van der Waals surface area (Å²) in [6, 6.07) is 5.01. The Kier molecular flexibility index (Phi) is 5.82. The van der Waals surface area contributed by atoms with Gasteiger partial charge in [-0.1, -0.05) is 19.1 Å². The molecule has 0 heterocycles. The van der Waals surface area contributed by atoms with Crippen molar-refractivity contribution < 1.29 is 21.6 Å². The van der Waals surface area contributed by atoms with Crippen LogP contribution in [0.25, 0.3) is 0 Å². The molecule has 4 nitrogen and oxygen atoms in total. The van der Waals surface area contributed by atoms with Crippen LogP contribution in [0.5, 0.6) is 0 Å². The Morgan fingerprint density at radius 3 is 2.35 bits per heavy atom. The molecule has 0 amide bonds. The average Bonchev–Trinajstić information content (AvgIpc) is 2.37. The van der Waals surface area contributed by atoms with Gasteiger partial charge in [-0.05, 0) is 25.1 Å². The highest BCUT2D eigenvalue weighted by atomic mass is 32.2. The Labute approximate surface area is 116 Å². The van der Waals surface area contributed by atoms with E-state index in [-0.39, 0.29) is 5.69 Å². The van der Waals surface area contributed by atoms with Gasteiger partial charge < -0.3 is 10.6 Å². The van der Waals surface area contributed by atoms with Gasteiger partial charge in [-0.3, -0.25) is 0 Å². The Morgan fingerprint density at radius 1 is 1.10 bits per heavy atom. The molecule has 0 spiro atoms. The number of alkyl halides is 3. The summed E-state index contributed by atoms with van der Waals surface area (Å²) in [7, 11) is -5.34. The van der Waals surface area contributed by atoms with Gasteiger partial charge in [0.2, 0.25) is 0 Å². The molecule has 0 atom stereocenters. The van der Waals surface area contributed by atoms with E-state index in [0.29, 0.717) is 13.1 Å². The third kappa shape index (κ3) is 4.11. The number of rotatable bonds is 7. The van der Waals surface area contributed by atoms with Crippen LogP contribution in [0.4, 0.5) is 18.9 Å². The van der Waals surface area contributed by atoms with Gasteiger partial charge in [0, 0.05) is 13.1 Å². The van der Waals surface area contributed by atoms with Crippen molar-refractivity contribution in [1.29, 1.82) is 0 Å². The second-order valence-corrected chi connectivity index (χ2v) is 6.03. The van der Waals surface area contributed by atoms with Crippen molar-refractivity contribution in [1.82, 2.24) is 5.32 Å². The van der Waals surface area contributed by atoms with E-state index in [9.17, 15) is 21.6 Å². The van der Waals surface area contributed by atoms with Crippen LogP contribution < -0.4 is 10.6 Å². The van der Waals surface area contributed by atoms with Crippen LogP contribution in [0.1, 0.15) is 13.3 Å². The molecule has 0 bridgehead atoms. The van der Waals surface area contributed by atoms with Crippen molar-refractivity contribution in [2.75, 3.05) is 25.0 Å². The fourth-order valence-corrected chi connectivity index (χ4v) is 2.50. The molecule has 0 aromatic heterocycles. The van der Waals surface area contributed by atoms with Crippen molar-refractivity contribution in [3.63, 3.8) is 0 Å². The van der Waals surface area contributed by atoms with E-state index >= 15 is 0 Å². The molecule has 20 heavy (non-hydrogen) atoms. The highest BCUT2D eigenvalue weighted by molar-refractivity contribution is 7.92. The molecule has 0 aliphatic heterocycles. The highest BCUT2D eigenvalue weighted by Gasteiger charge is 2.47. The largest absolute Gasteiger partial charge is 0.501 e. The Balaban J connectivity index is 2.84. The summed E-state index contributed by atoms with van der Waals surface area (Å²) in [5.74, 6) is 0. The fraction of sp³-hybridized carbons (Fsp3) is 0.500. The summed E-state index contributed by atoms with van der Waals surface area (Å²) in [6.45, 7) is 3.66. The maximum atomic E-state index is 12.6. The molecule has 114 valence electrons. The first-order valence-electron chi connectivity index (χ1n) is 6.15. The lowest BCUT2D eigenvalue weighted by Gasteiger charge is -2.14. The molecule has 1 aromatic rings. The lowest BCUT2D eigenvalue weighted by atomic mass is 10.3. The summed E-state index contributed by atoms with van der Waals surface area (Å²) in [5.41, 5.74) is -5.34. The normalized spacial score (nSPS) is 12.4. The molecule has 0 fully saturated rings. The Bertz CT molecular complexity index is 530. The first-order valence-corrected chi connectivity index (χ1v) is 7.64. The first kappa shape index (κ1) is 16.8. The number of hydrogen-bond donors (Lipinski definition) is 2. The topological polar surface area (TPSA) is 58.2 Å². The molecule has 1 rings (SSSR count). The summed E-state index contributed by atoms with van der Waals surface area (Å²) in [5, 5.41) is 5.77. The molecular weight excluding hydrogens is 293 g/mol. The van der Waals surface area contributed by atoms with E-state index in [1.807, 2.05) is 6.92 Å². The number of anilines is 1. The maximum Gasteiger partial charge on any atom is 0.501 e. The minimum atomic E-state index is -5.34.